The average Bonchev–Trinajstić information content (AvgIpc) is 3.04. The number of rotatable bonds is 5. The number of ether oxygens (including phenoxy) is 2. The Morgan fingerprint density at radius 3 is 2.76 bits per heavy atom. The molecule has 3 rings (SSSR count). The maximum Gasteiger partial charge on any atom is 0.308 e. The van der Waals surface area contributed by atoms with Crippen molar-refractivity contribution >= 4 is 34.6 Å². The topological polar surface area (TPSA) is 67.8 Å². The van der Waals surface area contributed by atoms with Crippen LogP contribution in [0.3, 0.4) is 0 Å². The molecule has 7 heteroatoms. The molecule has 21 heavy (non-hydrogen) atoms. The van der Waals surface area contributed by atoms with Crippen LogP contribution in [0.1, 0.15) is 9.75 Å². The molecule has 1 aliphatic rings. The fourth-order valence-corrected chi connectivity index (χ4v) is 3.17. The van der Waals surface area contributed by atoms with Gasteiger partial charge < -0.3 is 19.9 Å². The number of thiophene rings is 1. The molecule has 0 spiro atoms. The van der Waals surface area contributed by atoms with Crippen molar-refractivity contribution in [3.63, 3.8) is 0 Å². The third-order valence-electron chi connectivity index (χ3n) is 2.96. The third kappa shape index (κ3) is 3.22. The lowest BCUT2D eigenvalue weighted by Gasteiger charge is -2.08. The maximum absolute atomic E-state index is 10.7. The van der Waals surface area contributed by atoms with Crippen molar-refractivity contribution in [2.24, 2.45) is 0 Å². The van der Waals surface area contributed by atoms with Crippen molar-refractivity contribution < 1.29 is 19.4 Å². The van der Waals surface area contributed by atoms with E-state index in [1.54, 1.807) is 12.1 Å². The number of aliphatic carboxylic acids is 1. The highest BCUT2D eigenvalue weighted by atomic mass is 35.5. The molecule has 0 bridgehead atoms. The Morgan fingerprint density at radius 2 is 2.00 bits per heavy atom. The predicted octanol–water partition coefficient (Wildman–Crippen LogP) is 3.37. The highest BCUT2D eigenvalue weighted by Crippen LogP contribution is 2.39. The van der Waals surface area contributed by atoms with Crippen LogP contribution < -0.4 is 14.8 Å². The molecule has 0 saturated carbocycles. The van der Waals surface area contributed by atoms with E-state index in [0.717, 1.165) is 15.4 Å². The maximum atomic E-state index is 10.7. The molecule has 2 aromatic rings. The van der Waals surface area contributed by atoms with Gasteiger partial charge in [0.15, 0.2) is 11.5 Å². The Hall–Kier alpha value is -1.92. The monoisotopic (exact) mass is 325 g/mol. The van der Waals surface area contributed by atoms with Gasteiger partial charge in [-0.25, -0.2) is 0 Å². The number of halogens is 1. The van der Waals surface area contributed by atoms with E-state index >= 15 is 0 Å². The number of hydrogen-bond donors (Lipinski definition) is 2. The Morgan fingerprint density at radius 1 is 1.29 bits per heavy atom. The summed E-state index contributed by atoms with van der Waals surface area (Å²) >= 11 is 7.65. The first-order chi connectivity index (χ1) is 10.1. The number of anilines is 1. The lowest BCUT2D eigenvalue weighted by atomic mass is 10.2. The molecule has 0 fully saturated rings. The van der Waals surface area contributed by atoms with Crippen molar-refractivity contribution in [1.82, 2.24) is 0 Å². The SMILES string of the molecule is O=C(O)Cc1ccc(CNc2cc3c(cc2Cl)OCO3)s1. The summed E-state index contributed by atoms with van der Waals surface area (Å²) < 4.78 is 10.6. The van der Waals surface area contributed by atoms with Crippen LogP contribution in [0, 0.1) is 0 Å². The van der Waals surface area contributed by atoms with Gasteiger partial charge in [-0.3, -0.25) is 4.79 Å². The minimum Gasteiger partial charge on any atom is -0.481 e. The molecule has 0 aliphatic carbocycles. The van der Waals surface area contributed by atoms with Gasteiger partial charge in [0.25, 0.3) is 0 Å². The number of nitrogens with one attached hydrogen (secondary N) is 1. The summed E-state index contributed by atoms with van der Waals surface area (Å²) in [4.78, 5) is 12.5. The summed E-state index contributed by atoms with van der Waals surface area (Å²) in [5, 5.41) is 12.5. The molecule has 5 nitrogen and oxygen atoms in total. The molecule has 1 aromatic heterocycles. The fraction of sp³-hybridized carbons (Fsp3) is 0.214. The van der Waals surface area contributed by atoms with Crippen molar-refractivity contribution in [3.8, 4) is 11.5 Å². The van der Waals surface area contributed by atoms with E-state index in [4.69, 9.17) is 26.2 Å². The average molecular weight is 326 g/mol. The molecule has 0 saturated heterocycles. The summed E-state index contributed by atoms with van der Waals surface area (Å²) in [6.45, 7) is 0.780. The molecule has 0 amide bonds. The fourth-order valence-electron chi connectivity index (χ4n) is 2.00. The van der Waals surface area contributed by atoms with E-state index in [9.17, 15) is 4.79 Å². The minimum atomic E-state index is -0.824. The van der Waals surface area contributed by atoms with Crippen LogP contribution in [-0.2, 0) is 17.8 Å². The number of hydrogen-bond acceptors (Lipinski definition) is 5. The molecular weight excluding hydrogens is 314 g/mol. The van der Waals surface area contributed by atoms with Crippen molar-refractivity contribution in [2.75, 3.05) is 12.1 Å². The Bertz CT molecular complexity index is 686. The molecule has 1 aromatic carbocycles. The van der Waals surface area contributed by atoms with Crippen molar-refractivity contribution in [1.29, 1.82) is 0 Å². The minimum absolute atomic E-state index is 0.0510. The highest BCUT2D eigenvalue weighted by molar-refractivity contribution is 7.12. The number of carbonyl (C=O) groups is 1. The van der Waals surface area contributed by atoms with Crippen molar-refractivity contribution in [3.05, 3.63) is 39.0 Å². The van der Waals surface area contributed by atoms with Crippen LogP contribution in [-0.4, -0.2) is 17.9 Å². The largest absolute Gasteiger partial charge is 0.481 e. The first kappa shape index (κ1) is 14.0. The summed E-state index contributed by atoms with van der Waals surface area (Å²) in [5.74, 6) is 0.486. The standard InChI is InChI=1S/C14H12ClNO4S/c15-10-4-12-13(20-7-19-12)5-11(10)16-6-9-2-1-8(21-9)3-14(17)18/h1-2,4-5,16H,3,6-7H2,(H,17,18). The number of carboxylic acid groups (broad SMARTS) is 1. The lowest BCUT2D eigenvalue weighted by Crippen LogP contribution is -1.98. The van der Waals surface area contributed by atoms with Gasteiger partial charge in [0.05, 0.1) is 17.1 Å². The van der Waals surface area contributed by atoms with E-state index < -0.39 is 5.97 Å². The Balaban J connectivity index is 1.67. The molecule has 2 N–H and O–H groups in total. The second kappa shape index (κ2) is 5.83. The van der Waals surface area contributed by atoms with Crippen LogP contribution in [0.25, 0.3) is 0 Å². The molecule has 0 radical (unpaired) electrons. The number of fused-ring (bicyclic) bond motifs is 1. The van der Waals surface area contributed by atoms with Gasteiger partial charge in [-0.2, -0.15) is 0 Å². The van der Waals surface area contributed by atoms with Gasteiger partial charge in [0.1, 0.15) is 0 Å². The van der Waals surface area contributed by atoms with Crippen LogP contribution in [0.5, 0.6) is 11.5 Å². The van der Waals surface area contributed by atoms with Crippen LogP contribution in [0.2, 0.25) is 5.02 Å². The molecule has 0 atom stereocenters. The molecule has 2 heterocycles. The van der Waals surface area contributed by atoms with E-state index in [1.165, 1.54) is 11.3 Å². The molecular formula is C14H12ClNO4S. The quantitative estimate of drug-likeness (QED) is 0.882. The van der Waals surface area contributed by atoms with Gasteiger partial charge in [0, 0.05) is 28.4 Å². The predicted molar refractivity (Wildman–Crippen MR) is 80.6 cm³/mol. The van der Waals surface area contributed by atoms with Crippen LogP contribution in [0.4, 0.5) is 5.69 Å². The lowest BCUT2D eigenvalue weighted by molar-refractivity contribution is -0.136. The Labute approximate surface area is 130 Å². The molecule has 110 valence electrons. The normalized spacial score (nSPS) is 12.4. The zero-order valence-corrected chi connectivity index (χ0v) is 12.5. The van der Waals surface area contributed by atoms with E-state index in [0.29, 0.717) is 23.1 Å². The third-order valence-corrected chi connectivity index (χ3v) is 4.36. The van der Waals surface area contributed by atoms with Gasteiger partial charge >= 0.3 is 5.97 Å². The Kier molecular flexibility index (Phi) is 3.90. The van der Waals surface area contributed by atoms with E-state index in [2.05, 4.69) is 5.32 Å². The highest BCUT2D eigenvalue weighted by Gasteiger charge is 2.16. The smallest absolute Gasteiger partial charge is 0.308 e. The van der Waals surface area contributed by atoms with Gasteiger partial charge in [-0.05, 0) is 12.1 Å². The summed E-state index contributed by atoms with van der Waals surface area (Å²) in [6.07, 6.45) is 0.0510. The first-order valence-corrected chi connectivity index (χ1v) is 7.43. The number of benzene rings is 1. The van der Waals surface area contributed by atoms with Crippen molar-refractivity contribution in [2.45, 2.75) is 13.0 Å². The van der Waals surface area contributed by atoms with E-state index in [-0.39, 0.29) is 13.2 Å². The van der Waals surface area contributed by atoms with Crippen LogP contribution in [0.15, 0.2) is 24.3 Å². The zero-order valence-electron chi connectivity index (χ0n) is 10.9. The van der Waals surface area contributed by atoms with Gasteiger partial charge in [-0.15, -0.1) is 11.3 Å². The molecule has 0 unspecified atom stereocenters. The summed E-state index contributed by atoms with van der Waals surface area (Å²) in [7, 11) is 0. The van der Waals surface area contributed by atoms with Crippen LogP contribution >= 0.6 is 22.9 Å². The first-order valence-electron chi connectivity index (χ1n) is 6.24. The summed E-state index contributed by atoms with van der Waals surface area (Å²) in [6, 6.07) is 7.26. The number of carboxylic acids is 1. The second-order valence-corrected chi connectivity index (χ2v) is 6.14. The summed E-state index contributed by atoms with van der Waals surface area (Å²) in [5.41, 5.74) is 0.758. The van der Waals surface area contributed by atoms with Gasteiger partial charge in [0.2, 0.25) is 6.79 Å². The second-order valence-electron chi connectivity index (χ2n) is 4.48. The van der Waals surface area contributed by atoms with Gasteiger partial charge in [-0.1, -0.05) is 11.6 Å². The molecule has 1 aliphatic heterocycles. The van der Waals surface area contributed by atoms with E-state index in [1.807, 2.05) is 12.1 Å². The zero-order chi connectivity index (χ0) is 14.8.